The minimum atomic E-state index is -0.251. The number of carbonyl (C=O) groups excluding carboxylic acids is 1. The van der Waals surface area contributed by atoms with Gasteiger partial charge in [-0.15, -0.1) is 0 Å². The van der Waals surface area contributed by atoms with Crippen molar-refractivity contribution >= 4 is 17.8 Å². The maximum atomic E-state index is 12.0. The fraction of sp³-hybridized carbons (Fsp3) is 0.300. The van der Waals surface area contributed by atoms with Crippen LogP contribution in [0.15, 0.2) is 35.4 Å². The number of methoxy groups -OCH3 is 3. The summed E-state index contributed by atoms with van der Waals surface area (Å²) in [6.07, 6.45) is 1.51. The molecule has 2 rings (SSSR count). The summed E-state index contributed by atoms with van der Waals surface area (Å²) in [4.78, 5) is 12.0. The molecule has 0 aliphatic rings. The summed E-state index contributed by atoms with van der Waals surface area (Å²) in [5.74, 6) is 1.28. The molecule has 7 nitrogen and oxygen atoms in total. The first-order chi connectivity index (χ1) is 13.0. The Morgan fingerprint density at radius 2 is 1.70 bits per heavy atom. The molecule has 0 saturated heterocycles. The molecule has 144 valence electrons. The summed E-state index contributed by atoms with van der Waals surface area (Å²) in [5.41, 5.74) is 6.38. The average molecular weight is 371 g/mol. The van der Waals surface area contributed by atoms with E-state index < -0.39 is 0 Å². The van der Waals surface area contributed by atoms with Crippen LogP contribution in [0.25, 0.3) is 0 Å². The fourth-order valence-electron chi connectivity index (χ4n) is 2.58. The summed E-state index contributed by atoms with van der Waals surface area (Å²) < 4.78 is 15.9. The highest BCUT2D eigenvalue weighted by atomic mass is 16.5. The van der Waals surface area contributed by atoms with Crippen LogP contribution in [-0.4, -0.2) is 40.0 Å². The van der Waals surface area contributed by atoms with Crippen molar-refractivity contribution in [3.63, 3.8) is 0 Å². The molecule has 0 bridgehead atoms. The van der Waals surface area contributed by atoms with Crippen LogP contribution in [0.4, 0.5) is 5.69 Å². The maximum absolute atomic E-state index is 12.0. The highest BCUT2D eigenvalue weighted by Crippen LogP contribution is 2.37. The second kappa shape index (κ2) is 9.47. The van der Waals surface area contributed by atoms with Crippen molar-refractivity contribution in [3.05, 3.63) is 47.0 Å². The van der Waals surface area contributed by atoms with Crippen molar-refractivity contribution in [1.82, 2.24) is 5.43 Å². The Labute approximate surface area is 159 Å². The molecule has 27 heavy (non-hydrogen) atoms. The zero-order valence-corrected chi connectivity index (χ0v) is 16.3. The van der Waals surface area contributed by atoms with E-state index in [-0.39, 0.29) is 12.5 Å². The molecule has 0 aliphatic carbocycles. The van der Waals surface area contributed by atoms with Gasteiger partial charge in [-0.3, -0.25) is 4.79 Å². The smallest absolute Gasteiger partial charge is 0.259 e. The highest BCUT2D eigenvalue weighted by molar-refractivity contribution is 5.85. The standard InChI is InChI=1S/C20H25N3O4/c1-13-6-7-16(14(2)8-13)21-12-19(24)23-22-11-15-9-17(25-3)20(27-5)18(10-15)26-4/h6-11,21H,12H2,1-5H3,(H,23,24)/b22-11-. The lowest BCUT2D eigenvalue weighted by molar-refractivity contribution is -0.119. The van der Waals surface area contributed by atoms with Crippen molar-refractivity contribution in [2.75, 3.05) is 33.2 Å². The van der Waals surface area contributed by atoms with Gasteiger partial charge in [0.2, 0.25) is 5.75 Å². The quantitative estimate of drug-likeness (QED) is 0.551. The lowest BCUT2D eigenvalue weighted by Gasteiger charge is -2.12. The Hall–Kier alpha value is -3.22. The third-order valence-corrected chi connectivity index (χ3v) is 3.91. The van der Waals surface area contributed by atoms with Crippen LogP contribution in [-0.2, 0) is 4.79 Å². The monoisotopic (exact) mass is 371 g/mol. The zero-order valence-electron chi connectivity index (χ0n) is 16.3. The molecule has 0 spiro atoms. The molecule has 7 heteroatoms. The molecule has 0 fully saturated rings. The van der Waals surface area contributed by atoms with Crippen molar-refractivity contribution < 1.29 is 19.0 Å². The van der Waals surface area contributed by atoms with Crippen LogP contribution in [0, 0.1) is 13.8 Å². The first kappa shape index (κ1) is 20.1. The van der Waals surface area contributed by atoms with Gasteiger partial charge in [0.1, 0.15) is 0 Å². The van der Waals surface area contributed by atoms with Crippen LogP contribution in [0.5, 0.6) is 17.2 Å². The first-order valence-corrected chi connectivity index (χ1v) is 8.41. The predicted octanol–water partition coefficient (Wildman–Crippen LogP) is 2.89. The van der Waals surface area contributed by atoms with Crippen LogP contribution in [0.2, 0.25) is 0 Å². The molecule has 0 heterocycles. The Kier molecular flexibility index (Phi) is 7.05. The number of hydrazone groups is 1. The minimum absolute atomic E-state index is 0.122. The third kappa shape index (κ3) is 5.37. The number of aryl methyl sites for hydroxylation is 2. The van der Waals surface area contributed by atoms with E-state index in [4.69, 9.17) is 14.2 Å². The van der Waals surface area contributed by atoms with Crippen LogP contribution in [0.1, 0.15) is 16.7 Å². The predicted molar refractivity (Wildman–Crippen MR) is 106 cm³/mol. The number of anilines is 1. The van der Waals surface area contributed by atoms with E-state index in [0.29, 0.717) is 22.8 Å². The molecule has 0 aliphatic heterocycles. The summed E-state index contributed by atoms with van der Waals surface area (Å²) >= 11 is 0. The van der Waals surface area contributed by atoms with Crippen LogP contribution < -0.4 is 25.0 Å². The topological polar surface area (TPSA) is 81.2 Å². The van der Waals surface area contributed by atoms with Crippen molar-refractivity contribution in [2.45, 2.75) is 13.8 Å². The maximum Gasteiger partial charge on any atom is 0.259 e. The number of amides is 1. The number of carbonyl (C=O) groups is 1. The Bertz CT molecular complexity index is 809. The van der Waals surface area contributed by atoms with E-state index in [2.05, 4.69) is 21.9 Å². The van der Waals surface area contributed by atoms with Crippen molar-refractivity contribution in [1.29, 1.82) is 0 Å². The lowest BCUT2D eigenvalue weighted by Crippen LogP contribution is -2.26. The molecule has 0 radical (unpaired) electrons. The molecule has 2 aromatic rings. The summed E-state index contributed by atoms with van der Waals surface area (Å²) in [5, 5.41) is 7.08. The number of hydrogen-bond acceptors (Lipinski definition) is 6. The number of ether oxygens (including phenoxy) is 3. The average Bonchev–Trinajstić information content (AvgIpc) is 2.66. The third-order valence-electron chi connectivity index (χ3n) is 3.91. The molecular formula is C20H25N3O4. The summed E-state index contributed by atoms with van der Waals surface area (Å²) in [6.45, 7) is 4.15. The van der Waals surface area contributed by atoms with Gasteiger partial charge in [-0.2, -0.15) is 5.10 Å². The molecule has 0 aromatic heterocycles. The minimum Gasteiger partial charge on any atom is -0.493 e. The van der Waals surface area contributed by atoms with E-state index in [1.165, 1.54) is 18.9 Å². The molecule has 0 atom stereocenters. The first-order valence-electron chi connectivity index (χ1n) is 8.41. The van der Waals surface area contributed by atoms with Gasteiger partial charge < -0.3 is 19.5 Å². The highest BCUT2D eigenvalue weighted by Gasteiger charge is 2.12. The van der Waals surface area contributed by atoms with E-state index in [0.717, 1.165) is 11.3 Å². The van der Waals surface area contributed by atoms with Gasteiger partial charge in [0.25, 0.3) is 5.91 Å². The number of hydrogen-bond donors (Lipinski definition) is 2. The normalized spacial score (nSPS) is 10.6. The van der Waals surface area contributed by atoms with Gasteiger partial charge in [-0.1, -0.05) is 17.7 Å². The molecule has 2 N–H and O–H groups in total. The van der Waals surface area contributed by atoms with E-state index in [9.17, 15) is 4.79 Å². The summed E-state index contributed by atoms with van der Waals surface area (Å²) in [6, 6.07) is 9.49. The summed E-state index contributed by atoms with van der Waals surface area (Å²) in [7, 11) is 4.62. The largest absolute Gasteiger partial charge is 0.493 e. The van der Waals surface area contributed by atoms with Gasteiger partial charge in [-0.05, 0) is 37.6 Å². The van der Waals surface area contributed by atoms with Gasteiger partial charge in [0, 0.05) is 11.3 Å². The van der Waals surface area contributed by atoms with Crippen LogP contribution >= 0.6 is 0 Å². The van der Waals surface area contributed by atoms with E-state index in [1.54, 1.807) is 26.4 Å². The Morgan fingerprint density at radius 1 is 1.04 bits per heavy atom. The van der Waals surface area contributed by atoms with Gasteiger partial charge in [0.15, 0.2) is 11.5 Å². The van der Waals surface area contributed by atoms with E-state index >= 15 is 0 Å². The zero-order chi connectivity index (χ0) is 19.8. The molecule has 0 unspecified atom stereocenters. The fourth-order valence-corrected chi connectivity index (χ4v) is 2.58. The van der Waals surface area contributed by atoms with Gasteiger partial charge in [0.05, 0.1) is 34.1 Å². The second-order valence-corrected chi connectivity index (χ2v) is 5.92. The number of benzene rings is 2. The van der Waals surface area contributed by atoms with E-state index in [1.807, 2.05) is 26.0 Å². The van der Waals surface area contributed by atoms with Crippen molar-refractivity contribution in [2.24, 2.45) is 5.10 Å². The van der Waals surface area contributed by atoms with Crippen molar-refractivity contribution in [3.8, 4) is 17.2 Å². The molecule has 0 saturated carbocycles. The van der Waals surface area contributed by atoms with Crippen LogP contribution in [0.3, 0.4) is 0 Å². The molecular weight excluding hydrogens is 346 g/mol. The number of rotatable bonds is 8. The van der Waals surface area contributed by atoms with Gasteiger partial charge in [-0.25, -0.2) is 5.43 Å². The second-order valence-electron chi connectivity index (χ2n) is 5.92. The number of nitrogens with zero attached hydrogens (tertiary/aromatic N) is 1. The molecule has 1 amide bonds. The molecule has 2 aromatic carbocycles. The SMILES string of the molecule is COc1cc(/C=N\NC(=O)CNc2ccc(C)cc2C)cc(OC)c1OC. The Morgan fingerprint density at radius 3 is 2.26 bits per heavy atom. The Balaban J connectivity index is 1.97. The number of nitrogens with one attached hydrogen (secondary N) is 2. The lowest BCUT2D eigenvalue weighted by atomic mass is 10.1. The van der Waals surface area contributed by atoms with Gasteiger partial charge >= 0.3 is 0 Å².